The summed E-state index contributed by atoms with van der Waals surface area (Å²) in [6, 6.07) is 7.66. The number of carbonyl (C=O) groups is 1. The third-order valence-corrected chi connectivity index (χ3v) is 7.34. The lowest BCUT2D eigenvalue weighted by Crippen LogP contribution is -2.36. The molecule has 14 heteroatoms. The number of hydrogen-bond donors (Lipinski definition) is 2. The van der Waals surface area contributed by atoms with Gasteiger partial charge in [-0.3, -0.25) is 13.9 Å². The first-order valence-corrected chi connectivity index (χ1v) is 13.9. The van der Waals surface area contributed by atoms with Gasteiger partial charge in [0.15, 0.2) is 17.0 Å². The van der Waals surface area contributed by atoms with Crippen LogP contribution in [0.25, 0.3) is 11.2 Å². The number of esters is 1. The average molecular weight is 548 g/mol. The number of anilines is 2. The van der Waals surface area contributed by atoms with Gasteiger partial charge in [-0.05, 0) is 45.7 Å². The molecule has 0 amide bonds. The number of benzene rings is 1. The largest absolute Gasteiger partial charge is 0.462 e. The molecule has 0 spiro atoms. The summed E-state index contributed by atoms with van der Waals surface area (Å²) in [5.74, 6) is 0.509. The molecule has 3 aromatic rings. The van der Waals surface area contributed by atoms with E-state index in [4.69, 9.17) is 24.3 Å². The normalized spacial score (nSPS) is 19.8. The molecule has 4 rings (SSSR count). The van der Waals surface area contributed by atoms with Crippen LogP contribution in [0, 0.1) is 0 Å². The lowest BCUT2D eigenvalue weighted by molar-refractivity contribution is -0.149. The van der Waals surface area contributed by atoms with E-state index in [2.05, 4.69) is 20.0 Å². The fraction of sp³-hybridized carbons (Fsp3) is 0.500. The van der Waals surface area contributed by atoms with E-state index in [1.165, 1.54) is 6.92 Å². The fourth-order valence-electron chi connectivity index (χ4n) is 3.97. The minimum atomic E-state index is -3.98. The van der Waals surface area contributed by atoms with E-state index in [0.29, 0.717) is 35.6 Å². The molecule has 1 aliphatic rings. The summed E-state index contributed by atoms with van der Waals surface area (Å²) in [7, 11) is -0.275. The number of nitrogens with two attached hydrogens (primary N) is 1. The Morgan fingerprint density at radius 2 is 1.97 bits per heavy atom. The van der Waals surface area contributed by atoms with Crippen LogP contribution in [-0.2, 0) is 23.4 Å². The summed E-state index contributed by atoms with van der Waals surface area (Å²) >= 11 is 0. The van der Waals surface area contributed by atoms with E-state index >= 15 is 0 Å². The van der Waals surface area contributed by atoms with Crippen LogP contribution in [0.5, 0.6) is 5.75 Å². The number of imidazole rings is 1. The quantitative estimate of drug-likeness (QED) is 0.267. The van der Waals surface area contributed by atoms with Gasteiger partial charge in [0.1, 0.15) is 18.0 Å². The maximum Gasteiger partial charge on any atom is 0.459 e. The maximum absolute atomic E-state index is 13.7. The lowest BCUT2D eigenvalue weighted by Gasteiger charge is -2.24. The van der Waals surface area contributed by atoms with Crippen molar-refractivity contribution in [2.45, 2.75) is 58.1 Å². The topological polar surface area (TPSA) is 156 Å². The van der Waals surface area contributed by atoms with Gasteiger partial charge >= 0.3 is 13.7 Å². The Hall–Kier alpha value is -3.25. The van der Waals surface area contributed by atoms with Crippen molar-refractivity contribution in [3.8, 4) is 5.75 Å². The van der Waals surface area contributed by atoms with Crippen molar-refractivity contribution < 1.29 is 27.9 Å². The highest BCUT2D eigenvalue weighted by atomic mass is 31.2. The number of ether oxygens (including phenoxy) is 2. The second kappa shape index (κ2) is 11.6. The molecule has 38 heavy (non-hydrogen) atoms. The Balaban J connectivity index is 1.46. The van der Waals surface area contributed by atoms with Gasteiger partial charge in [0, 0.05) is 14.1 Å². The van der Waals surface area contributed by atoms with Crippen LogP contribution in [0.15, 0.2) is 36.7 Å². The summed E-state index contributed by atoms with van der Waals surface area (Å²) < 4.78 is 38.4. The van der Waals surface area contributed by atoms with Crippen LogP contribution in [0.1, 0.15) is 39.8 Å². The van der Waals surface area contributed by atoms with Gasteiger partial charge < -0.3 is 24.6 Å². The zero-order valence-electron chi connectivity index (χ0n) is 22.1. The predicted molar refractivity (Wildman–Crippen MR) is 142 cm³/mol. The summed E-state index contributed by atoms with van der Waals surface area (Å²) in [5, 5.41) is 2.69. The van der Waals surface area contributed by atoms with Crippen molar-refractivity contribution in [1.82, 2.24) is 24.6 Å². The van der Waals surface area contributed by atoms with Crippen LogP contribution in [0.2, 0.25) is 0 Å². The first-order chi connectivity index (χ1) is 18.0. The van der Waals surface area contributed by atoms with Crippen molar-refractivity contribution in [1.29, 1.82) is 0 Å². The maximum atomic E-state index is 13.7. The van der Waals surface area contributed by atoms with Crippen LogP contribution >= 0.6 is 7.75 Å². The van der Waals surface area contributed by atoms with Crippen molar-refractivity contribution >= 4 is 36.6 Å². The molecule has 0 aliphatic carbocycles. The molecule has 1 saturated heterocycles. The molecule has 1 aliphatic heterocycles. The zero-order chi connectivity index (χ0) is 27.4. The van der Waals surface area contributed by atoms with Gasteiger partial charge in [-0.1, -0.05) is 18.2 Å². The van der Waals surface area contributed by atoms with Crippen LogP contribution < -0.4 is 20.2 Å². The Labute approximate surface area is 221 Å². The minimum Gasteiger partial charge on any atom is -0.462 e. The van der Waals surface area contributed by atoms with E-state index in [-0.39, 0.29) is 24.9 Å². The number of carbonyl (C=O) groups excluding carboxylic acids is 1. The van der Waals surface area contributed by atoms with Crippen molar-refractivity contribution in [2.75, 3.05) is 31.3 Å². The number of para-hydroxylation sites is 1. The summed E-state index contributed by atoms with van der Waals surface area (Å²) in [6.45, 7) is 4.98. The Morgan fingerprint density at radius 3 is 2.66 bits per heavy atom. The number of nitrogens with zero attached hydrogens (tertiary/aromatic N) is 5. The molecule has 206 valence electrons. The van der Waals surface area contributed by atoms with E-state index < -0.39 is 25.9 Å². The number of nitrogens with one attached hydrogen (secondary N) is 1. The number of hydrogen-bond acceptors (Lipinski definition) is 11. The van der Waals surface area contributed by atoms with Crippen molar-refractivity contribution in [3.05, 3.63) is 36.7 Å². The standard InChI is InChI=1S/C24H34N7O6P/c1-15(2)35-23(32)16(3)29-38(33,37-17-9-7-6-8-10-17)34-13-18-11-12-19(36-18)31-14-26-20-21(30(4)5)27-24(25)28-22(20)31/h6-10,14-16,18-19H,11-13H2,1-5H3,(H,29,33)(H2,25,27,28)/t16-,18+,19-,38+/m1/s1. The molecule has 1 fully saturated rings. The van der Waals surface area contributed by atoms with Gasteiger partial charge in [-0.15, -0.1) is 0 Å². The Bertz CT molecular complexity index is 1300. The van der Waals surface area contributed by atoms with Gasteiger partial charge in [0.2, 0.25) is 5.95 Å². The number of rotatable bonds is 11. The molecule has 0 radical (unpaired) electrons. The number of nitrogen functional groups attached to an aromatic ring is 1. The first kappa shape index (κ1) is 27.8. The third kappa shape index (κ3) is 6.60. The predicted octanol–water partition coefficient (Wildman–Crippen LogP) is 3.29. The Morgan fingerprint density at radius 1 is 1.24 bits per heavy atom. The van der Waals surface area contributed by atoms with E-state index in [9.17, 15) is 9.36 Å². The fourth-order valence-corrected chi connectivity index (χ4v) is 5.49. The lowest BCUT2D eigenvalue weighted by atomic mass is 10.2. The number of fused-ring (bicyclic) bond motifs is 1. The summed E-state index contributed by atoms with van der Waals surface area (Å²) in [4.78, 5) is 27.3. The van der Waals surface area contributed by atoms with Crippen LogP contribution in [-0.4, -0.2) is 64.4 Å². The van der Waals surface area contributed by atoms with Crippen molar-refractivity contribution in [3.63, 3.8) is 0 Å². The highest BCUT2D eigenvalue weighted by Crippen LogP contribution is 2.46. The van der Waals surface area contributed by atoms with Crippen molar-refractivity contribution in [2.24, 2.45) is 0 Å². The second-order valence-corrected chi connectivity index (χ2v) is 11.1. The third-order valence-electron chi connectivity index (χ3n) is 5.70. The van der Waals surface area contributed by atoms with Gasteiger partial charge in [0.25, 0.3) is 0 Å². The molecule has 0 saturated carbocycles. The summed E-state index contributed by atoms with van der Waals surface area (Å²) in [5.41, 5.74) is 7.10. The van der Waals surface area contributed by atoms with E-state index in [1.54, 1.807) is 50.5 Å². The van der Waals surface area contributed by atoms with Crippen LogP contribution in [0.3, 0.4) is 0 Å². The average Bonchev–Trinajstić information content (AvgIpc) is 3.49. The van der Waals surface area contributed by atoms with Gasteiger partial charge in [0.05, 0.1) is 25.1 Å². The number of aromatic nitrogens is 4. The molecule has 3 N–H and O–H groups in total. The highest BCUT2D eigenvalue weighted by molar-refractivity contribution is 7.52. The van der Waals surface area contributed by atoms with E-state index in [1.807, 2.05) is 23.6 Å². The van der Waals surface area contributed by atoms with Crippen LogP contribution in [0.4, 0.5) is 11.8 Å². The highest BCUT2D eigenvalue weighted by Gasteiger charge is 2.36. The molecule has 0 bridgehead atoms. The monoisotopic (exact) mass is 547 g/mol. The van der Waals surface area contributed by atoms with Gasteiger partial charge in [-0.25, -0.2) is 9.55 Å². The molecular formula is C24H34N7O6P. The minimum absolute atomic E-state index is 0.0355. The Kier molecular flexibility index (Phi) is 8.51. The molecular weight excluding hydrogens is 513 g/mol. The smallest absolute Gasteiger partial charge is 0.459 e. The SMILES string of the molecule is CC(C)OC(=O)[C@@H](C)N[P@](=O)(OC[C@@H]1CC[C@H](n2cnc3c(N(C)C)nc(N)nc32)O1)Oc1ccccc1. The zero-order valence-corrected chi connectivity index (χ0v) is 23.0. The molecule has 3 heterocycles. The van der Waals surface area contributed by atoms with E-state index in [0.717, 1.165) is 0 Å². The molecule has 4 atom stereocenters. The summed E-state index contributed by atoms with van der Waals surface area (Å²) in [6.07, 6.45) is 1.83. The first-order valence-electron chi connectivity index (χ1n) is 12.3. The molecule has 0 unspecified atom stereocenters. The second-order valence-electron chi connectivity index (χ2n) is 9.45. The molecule has 2 aromatic heterocycles. The van der Waals surface area contributed by atoms with Gasteiger partial charge in [-0.2, -0.15) is 15.1 Å². The molecule has 13 nitrogen and oxygen atoms in total. The molecule has 1 aromatic carbocycles.